The maximum absolute atomic E-state index is 10.6. The van der Waals surface area contributed by atoms with Crippen LogP contribution in [0.25, 0.3) is 11.1 Å². The van der Waals surface area contributed by atoms with E-state index in [0.29, 0.717) is 0 Å². The molecule has 27 heavy (non-hydrogen) atoms. The van der Waals surface area contributed by atoms with Gasteiger partial charge in [0.05, 0.1) is 0 Å². The lowest BCUT2D eigenvalue weighted by Crippen LogP contribution is -2.17. The van der Waals surface area contributed by atoms with Gasteiger partial charge in [-0.3, -0.25) is 4.90 Å². The number of aliphatic hydroxyl groups is 1. The van der Waals surface area contributed by atoms with E-state index in [1.165, 1.54) is 11.1 Å². The largest absolute Gasteiger partial charge is 0.384 e. The summed E-state index contributed by atoms with van der Waals surface area (Å²) >= 11 is 3.42. The highest BCUT2D eigenvalue weighted by Crippen LogP contribution is 2.27. The third-order valence-electron chi connectivity index (χ3n) is 4.59. The standard InChI is InChI=1S/C24H24BrNO/c1-3-16-26(2)17-18-4-6-19(7-5-18)20-8-10-21(11-9-20)24(27)22-12-14-23(25)15-13-22/h3-15,24,27H,1,16-17H2,2H3. The van der Waals surface area contributed by atoms with Crippen molar-refractivity contribution in [3.05, 3.63) is 107 Å². The van der Waals surface area contributed by atoms with Gasteiger partial charge in [-0.15, -0.1) is 6.58 Å². The smallest absolute Gasteiger partial charge is 0.104 e. The highest BCUT2D eigenvalue weighted by Gasteiger charge is 2.10. The Morgan fingerprint density at radius 2 is 1.37 bits per heavy atom. The van der Waals surface area contributed by atoms with E-state index in [2.05, 4.69) is 70.9 Å². The second kappa shape index (κ2) is 9.14. The zero-order valence-electron chi connectivity index (χ0n) is 15.5. The molecule has 1 N–H and O–H groups in total. The second-order valence-corrected chi connectivity index (χ2v) is 7.67. The van der Waals surface area contributed by atoms with Gasteiger partial charge < -0.3 is 5.11 Å². The molecule has 0 fully saturated rings. The third-order valence-corrected chi connectivity index (χ3v) is 5.12. The highest BCUT2D eigenvalue weighted by molar-refractivity contribution is 9.10. The van der Waals surface area contributed by atoms with E-state index in [9.17, 15) is 5.11 Å². The topological polar surface area (TPSA) is 23.5 Å². The minimum Gasteiger partial charge on any atom is -0.384 e. The number of aliphatic hydroxyl groups excluding tert-OH is 1. The predicted molar refractivity (Wildman–Crippen MR) is 117 cm³/mol. The molecule has 0 spiro atoms. The average Bonchev–Trinajstić information content (AvgIpc) is 2.69. The first-order chi connectivity index (χ1) is 13.1. The predicted octanol–water partition coefficient (Wildman–Crippen LogP) is 5.82. The maximum atomic E-state index is 10.6. The van der Waals surface area contributed by atoms with E-state index in [0.717, 1.165) is 34.3 Å². The van der Waals surface area contributed by atoms with Gasteiger partial charge in [0.2, 0.25) is 0 Å². The van der Waals surface area contributed by atoms with Crippen molar-refractivity contribution in [3.8, 4) is 11.1 Å². The van der Waals surface area contributed by atoms with E-state index < -0.39 is 6.10 Å². The Bertz CT molecular complexity index is 870. The van der Waals surface area contributed by atoms with Gasteiger partial charge in [0.15, 0.2) is 0 Å². The number of benzene rings is 3. The monoisotopic (exact) mass is 421 g/mol. The van der Waals surface area contributed by atoms with E-state index >= 15 is 0 Å². The molecule has 3 heteroatoms. The van der Waals surface area contributed by atoms with Crippen molar-refractivity contribution in [2.24, 2.45) is 0 Å². The normalized spacial score (nSPS) is 12.1. The molecule has 3 aromatic carbocycles. The first-order valence-corrected chi connectivity index (χ1v) is 9.78. The Labute approximate surface area is 169 Å². The highest BCUT2D eigenvalue weighted by atomic mass is 79.9. The summed E-state index contributed by atoms with van der Waals surface area (Å²) in [5.74, 6) is 0. The average molecular weight is 422 g/mol. The van der Waals surface area contributed by atoms with E-state index in [-0.39, 0.29) is 0 Å². The quantitative estimate of drug-likeness (QED) is 0.486. The zero-order valence-corrected chi connectivity index (χ0v) is 17.1. The first-order valence-electron chi connectivity index (χ1n) is 8.99. The summed E-state index contributed by atoms with van der Waals surface area (Å²) in [6.07, 6.45) is 1.30. The van der Waals surface area contributed by atoms with Gasteiger partial charge >= 0.3 is 0 Å². The fourth-order valence-electron chi connectivity index (χ4n) is 3.09. The van der Waals surface area contributed by atoms with Gasteiger partial charge in [0.1, 0.15) is 6.10 Å². The molecular weight excluding hydrogens is 398 g/mol. The van der Waals surface area contributed by atoms with Gasteiger partial charge in [-0.05, 0) is 47.0 Å². The van der Waals surface area contributed by atoms with Crippen molar-refractivity contribution < 1.29 is 5.11 Å². The zero-order chi connectivity index (χ0) is 19.2. The second-order valence-electron chi connectivity index (χ2n) is 6.76. The third kappa shape index (κ3) is 5.16. The molecule has 0 aromatic heterocycles. The SMILES string of the molecule is C=CCN(C)Cc1ccc(-c2ccc(C(O)c3ccc(Br)cc3)cc2)cc1. The molecule has 0 radical (unpaired) electrons. The molecule has 0 amide bonds. The summed E-state index contributed by atoms with van der Waals surface area (Å²) in [4.78, 5) is 2.22. The van der Waals surface area contributed by atoms with E-state index in [1.807, 2.05) is 42.5 Å². The molecule has 3 rings (SSSR count). The van der Waals surface area contributed by atoms with Crippen LogP contribution in [0, 0.1) is 0 Å². The summed E-state index contributed by atoms with van der Waals surface area (Å²) in [7, 11) is 2.09. The Morgan fingerprint density at radius 1 is 0.889 bits per heavy atom. The minimum atomic E-state index is -0.616. The van der Waals surface area contributed by atoms with Crippen molar-refractivity contribution >= 4 is 15.9 Å². The van der Waals surface area contributed by atoms with Crippen LogP contribution in [0.5, 0.6) is 0 Å². The minimum absolute atomic E-state index is 0.616. The summed E-state index contributed by atoms with van der Waals surface area (Å²) in [6.45, 7) is 5.56. The molecule has 0 heterocycles. The van der Waals surface area contributed by atoms with Gasteiger partial charge in [-0.25, -0.2) is 0 Å². The van der Waals surface area contributed by atoms with Crippen LogP contribution in [0.4, 0.5) is 0 Å². The van der Waals surface area contributed by atoms with Crippen molar-refractivity contribution in [2.45, 2.75) is 12.6 Å². The van der Waals surface area contributed by atoms with Gasteiger partial charge in [0.25, 0.3) is 0 Å². The molecule has 1 atom stereocenters. The number of hydrogen-bond donors (Lipinski definition) is 1. The van der Waals surface area contributed by atoms with E-state index in [1.54, 1.807) is 0 Å². The summed E-state index contributed by atoms with van der Waals surface area (Å²) in [5, 5.41) is 10.6. The molecule has 0 saturated carbocycles. The van der Waals surface area contributed by atoms with Crippen molar-refractivity contribution in [1.82, 2.24) is 4.90 Å². The van der Waals surface area contributed by atoms with Gasteiger partial charge in [0, 0.05) is 17.6 Å². The Hall–Kier alpha value is -2.20. The van der Waals surface area contributed by atoms with Crippen LogP contribution in [0.15, 0.2) is 89.9 Å². The lowest BCUT2D eigenvalue weighted by atomic mass is 9.98. The molecule has 138 valence electrons. The molecular formula is C24H24BrNO. The van der Waals surface area contributed by atoms with Gasteiger partial charge in [-0.1, -0.05) is 82.7 Å². The molecule has 0 bridgehead atoms. The van der Waals surface area contributed by atoms with Crippen LogP contribution >= 0.6 is 15.9 Å². The fraction of sp³-hybridized carbons (Fsp3) is 0.167. The fourth-order valence-corrected chi connectivity index (χ4v) is 3.36. The summed E-state index contributed by atoms with van der Waals surface area (Å²) < 4.78 is 1.01. The lowest BCUT2D eigenvalue weighted by molar-refractivity contribution is 0.220. The molecule has 0 aliphatic heterocycles. The number of hydrogen-bond acceptors (Lipinski definition) is 2. The number of halogens is 1. The van der Waals surface area contributed by atoms with E-state index in [4.69, 9.17) is 0 Å². The van der Waals surface area contributed by atoms with Crippen LogP contribution in [-0.2, 0) is 6.54 Å². The van der Waals surface area contributed by atoms with Crippen molar-refractivity contribution in [3.63, 3.8) is 0 Å². The Kier molecular flexibility index (Phi) is 6.62. The number of rotatable bonds is 7. The van der Waals surface area contributed by atoms with Crippen molar-refractivity contribution in [1.29, 1.82) is 0 Å². The van der Waals surface area contributed by atoms with Gasteiger partial charge in [-0.2, -0.15) is 0 Å². The molecule has 2 nitrogen and oxygen atoms in total. The summed E-state index contributed by atoms with van der Waals surface area (Å²) in [6, 6.07) is 24.5. The molecule has 0 aliphatic rings. The molecule has 0 aliphatic carbocycles. The first kappa shape index (κ1) is 19.6. The van der Waals surface area contributed by atoms with Crippen LogP contribution in [0.3, 0.4) is 0 Å². The maximum Gasteiger partial charge on any atom is 0.104 e. The van der Waals surface area contributed by atoms with Crippen LogP contribution in [0.2, 0.25) is 0 Å². The van der Waals surface area contributed by atoms with Crippen molar-refractivity contribution in [2.75, 3.05) is 13.6 Å². The molecule has 0 saturated heterocycles. The Balaban J connectivity index is 1.71. The van der Waals surface area contributed by atoms with Crippen LogP contribution in [-0.4, -0.2) is 23.6 Å². The summed E-state index contributed by atoms with van der Waals surface area (Å²) in [5.41, 5.74) is 5.38. The molecule has 3 aromatic rings. The number of nitrogens with zero attached hydrogens (tertiary/aromatic N) is 1. The Morgan fingerprint density at radius 3 is 1.89 bits per heavy atom. The van der Waals surface area contributed by atoms with Crippen LogP contribution in [0.1, 0.15) is 22.8 Å². The molecule has 1 unspecified atom stereocenters. The number of likely N-dealkylation sites (N-methyl/N-ethyl adjacent to an activating group) is 1. The van der Waals surface area contributed by atoms with Crippen LogP contribution < -0.4 is 0 Å². The lowest BCUT2D eigenvalue weighted by Gasteiger charge is -2.15.